The van der Waals surface area contributed by atoms with Crippen molar-refractivity contribution in [1.82, 2.24) is 4.90 Å². The Morgan fingerprint density at radius 2 is 2.04 bits per heavy atom. The van der Waals surface area contributed by atoms with E-state index in [0.717, 1.165) is 5.56 Å². The number of esters is 1. The molecule has 3 rings (SSSR count). The van der Waals surface area contributed by atoms with Crippen LogP contribution in [0.5, 0.6) is 5.75 Å². The van der Waals surface area contributed by atoms with E-state index in [0.29, 0.717) is 23.8 Å². The Bertz CT molecular complexity index is 789. The number of carbonyl (C=O) groups excluding carboxylic acids is 1. The highest BCUT2D eigenvalue weighted by atomic mass is 32.1. The van der Waals surface area contributed by atoms with Gasteiger partial charge in [-0.15, -0.1) is 0 Å². The maximum Gasteiger partial charge on any atom is 0.337 e. The van der Waals surface area contributed by atoms with Crippen LogP contribution in [0.15, 0.2) is 54.3 Å². The first-order valence-electron chi connectivity index (χ1n) is 8.65. The van der Waals surface area contributed by atoms with Gasteiger partial charge in [-0.25, -0.2) is 4.79 Å². The van der Waals surface area contributed by atoms with Gasteiger partial charge in [0.1, 0.15) is 5.75 Å². The lowest BCUT2D eigenvalue weighted by atomic mass is 9.88. The van der Waals surface area contributed by atoms with Crippen LogP contribution in [0.1, 0.15) is 29.8 Å². The number of nitrogens with zero attached hydrogens (tertiary/aromatic N) is 1. The standard InChI is InChI=1S/C21H25NO3S/c1-21(2,26)17-8-7-14-9-10-22(18(14)12-17)13-16-6-5-15(20(23)25-4)11-19(16)24-3/h5-12,14,18,26H,13H2,1-4H3. The minimum atomic E-state index is -0.364. The molecule has 0 saturated heterocycles. The van der Waals surface area contributed by atoms with Gasteiger partial charge in [0.15, 0.2) is 0 Å². The Morgan fingerprint density at radius 3 is 2.69 bits per heavy atom. The Balaban J connectivity index is 1.83. The SMILES string of the molecule is COC(=O)c1ccc(CN2C=CC3C=CC(C(C)(C)S)=CC32)c(OC)c1. The summed E-state index contributed by atoms with van der Waals surface area (Å²) in [5, 5.41) is 0. The molecule has 0 radical (unpaired) electrons. The molecule has 0 bridgehead atoms. The number of benzene rings is 1. The van der Waals surface area contributed by atoms with E-state index in [9.17, 15) is 4.79 Å². The smallest absolute Gasteiger partial charge is 0.337 e. The van der Waals surface area contributed by atoms with Crippen LogP contribution in [-0.4, -0.2) is 35.9 Å². The fourth-order valence-electron chi connectivity index (χ4n) is 3.37. The number of carbonyl (C=O) groups is 1. The molecule has 2 unspecified atom stereocenters. The molecule has 0 fully saturated rings. The summed E-state index contributed by atoms with van der Waals surface area (Å²) in [5.74, 6) is 0.696. The molecule has 0 spiro atoms. The molecule has 2 atom stereocenters. The number of methoxy groups -OCH3 is 2. The minimum absolute atomic E-state index is 0.171. The van der Waals surface area contributed by atoms with Gasteiger partial charge in [-0.2, -0.15) is 12.6 Å². The van der Waals surface area contributed by atoms with Gasteiger partial charge in [0.2, 0.25) is 0 Å². The number of allylic oxidation sites excluding steroid dienone is 1. The second kappa shape index (κ2) is 7.23. The number of thiol groups is 1. The Morgan fingerprint density at radius 1 is 1.27 bits per heavy atom. The van der Waals surface area contributed by atoms with E-state index in [4.69, 9.17) is 22.1 Å². The van der Waals surface area contributed by atoms with Crippen LogP contribution in [0.25, 0.3) is 0 Å². The third kappa shape index (κ3) is 3.68. The maximum atomic E-state index is 11.7. The molecular formula is C21H25NO3S. The van der Waals surface area contributed by atoms with Crippen LogP contribution in [0.2, 0.25) is 0 Å². The van der Waals surface area contributed by atoms with Crippen LogP contribution in [0.3, 0.4) is 0 Å². The summed E-state index contributed by atoms with van der Waals surface area (Å²) in [6, 6.07) is 5.71. The molecule has 1 aromatic carbocycles. The van der Waals surface area contributed by atoms with Crippen molar-refractivity contribution in [1.29, 1.82) is 0 Å². The van der Waals surface area contributed by atoms with Gasteiger partial charge in [0.25, 0.3) is 0 Å². The third-order valence-electron chi connectivity index (χ3n) is 4.89. The van der Waals surface area contributed by atoms with Crippen LogP contribution in [0, 0.1) is 5.92 Å². The quantitative estimate of drug-likeness (QED) is 0.627. The highest BCUT2D eigenvalue weighted by Crippen LogP contribution is 2.36. The molecule has 2 aliphatic rings. The van der Waals surface area contributed by atoms with E-state index in [1.165, 1.54) is 12.7 Å². The summed E-state index contributed by atoms with van der Waals surface area (Å²) >= 11 is 4.70. The number of ether oxygens (including phenoxy) is 2. The summed E-state index contributed by atoms with van der Waals surface area (Å²) in [4.78, 5) is 14.0. The van der Waals surface area contributed by atoms with Crippen LogP contribution in [-0.2, 0) is 11.3 Å². The molecule has 26 heavy (non-hydrogen) atoms. The topological polar surface area (TPSA) is 38.8 Å². The van der Waals surface area contributed by atoms with E-state index >= 15 is 0 Å². The van der Waals surface area contributed by atoms with Crippen molar-refractivity contribution in [3.8, 4) is 5.75 Å². The molecule has 1 aliphatic heterocycles. The van der Waals surface area contributed by atoms with Crippen LogP contribution in [0.4, 0.5) is 0 Å². The number of hydrogen-bond donors (Lipinski definition) is 1. The number of rotatable bonds is 5. The number of hydrogen-bond acceptors (Lipinski definition) is 5. The van der Waals surface area contributed by atoms with E-state index in [1.807, 2.05) is 6.07 Å². The van der Waals surface area contributed by atoms with Crippen LogP contribution < -0.4 is 4.74 Å². The zero-order valence-corrected chi connectivity index (χ0v) is 16.5. The molecular weight excluding hydrogens is 346 g/mol. The predicted molar refractivity (Wildman–Crippen MR) is 107 cm³/mol. The normalized spacial score (nSPS) is 21.4. The van der Waals surface area contributed by atoms with Crippen molar-refractivity contribution < 1.29 is 14.3 Å². The monoisotopic (exact) mass is 371 g/mol. The fraction of sp³-hybridized carbons (Fsp3) is 0.381. The molecule has 4 nitrogen and oxygen atoms in total. The van der Waals surface area contributed by atoms with Crippen molar-refractivity contribution in [2.24, 2.45) is 5.92 Å². The van der Waals surface area contributed by atoms with Gasteiger partial charge in [0.05, 0.1) is 25.8 Å². The summed E-state index contributed by atoms with van der Waals surface area (Å²) in [6.45, 7) is 4.91. The zero-order chi connectivity index (χ0) is 18.9. The molecule has 0 N–H and O–H groups in total. The minimum Gasteiger partial charge on any atom is -0.496 e. The van der Waals surface area contributed by atoms with E-state index < -0.39 is 0 Å². The van der Waals surface area contributed by atoms with Crippen molar-refractivity contribution in [2.45, 2.75) is 31.2 Å². The number of fused-ring (bicyclic) bond motifs is 1. The summed E-state index contributed by atoms with van der Waals surface area (Å²) in [5.41, 5.74) is 2.74. The third-order valence-corrected chi connectivity index (χ3v) is 5.15. The highest BCUT2D eigenvalue weighted by molar-refractivity contribution is 7.82. The van der Waals surface area contributed by atoms with Crippen molar-refractivity contribution in [2.75, 3.05) is 14.2 Å². The van der Waals surface area contributed by atoms with Gasteiger partial charge in [-0.05, 0) is 37.8 Å². The van der Waals surface area contributed by atoms with E-state index in [2.05, 4.69) is 49.3 Å². The lowest BCUT2D eigenvalue weighted by molar-refractivity contribution is 0.0600. The maximum absolute atomic E-state index is 11.7. The van der Waals surface area contributed by atoms with Gasteiger partial charge in [0, 0.05) is 22.8 Å². The first-order valence-corrected chi connectivity index (χ1v) is 9.10. The Kier molecular flexibility index (Phi) is 5.19. The lowest BCUT2D eigenvalue weighted by Gasteiger charge is -2.32. The van der Waals surface area contributed by atoms with E-state index in [1.54, 1.807) is 19.2 Å². The summed E-state index contributed by atoms with van der Waals surface area (Å²) in [7, 11) is 2.99. The van der Waals surface area contributed by atoms with Crippen molar-refractivity contribution >= 4 is 18.6 Å². The van der Waals surface area contributed by atoms with Gasteiger partial charge >= 0.3 is 5.97 Å². The first-order chi connectivity index (χ1) is 12.3. The zero-order valence-electron chi connectivity index (χ0n) is 15.6. The summed E-state index contributed by atoms with van der Waals surface area (Å²) < 4.78 is 10.1. The van der Waals surface area contributed by atoms with E-state index in [-0.39, 0.29) is 16.8 Å². The van der Waals surface area contributed by atoms with Gasteiger partial charge in [-0.3, -0.25) is 0 Å². The molecule has 0 amide bonds. The second-order valence-electron chi connectivity index (χ2n) is 7.14. The molecule has 138 valence electrons. The molecule has 0 aromatic heterocycles. The molecule has 5 heteroatoms. The van der Waals surface area contributed by atoms with Crippen molar-refractivity contribution in [3.05, 3.63) is 65.4 Å². The average Bonchev–Trinajstić information content (AvgIpc) is 3.03. The molecule has 1 aromatic rings. The van der Waals surface area contributed by atoms with Crippen LogP contribution >= 0.6 is 12.6 Å². The summed E-state index contributed by atoms with van der Waals surface area (Å²) in [6.07, 6.45) is 11.1. The largest absolute Gasteiger partial charge is 0.496 e. The predicted octanol–water partition coefficient (Wildman–Crippen LogP) is 4.00. The molecule has 1 heterocycles. The Hall–Kier alpha value is -2.14. The average molecular weight is 372 g/mol. The fourth-order valence-corrected chi connectivity index (χ4v) is 3.52. The molecule has 1 aliphatic carbocycles. The Labute approximate surface area is 160 Å². The first kappa shape index (κ1) is 18.6. The highest BCUT2D eigenvalue weighted by Gasteiger charge is 2.31. The molecule has 0 saturated carbocycles. The second-order valence-corrected chi connectivity index (χ2v) is 8.26. The van der Waals surface area contributed by atoms with Gasteiger partial charge in [-0.1, -0.05) is 30.4 Å². The lowest BCUT2D eigenvalue weighted by Crippen LogP contribution is -2.32. The van der Waals surface area contributed by atoms with Crippen molar-refractivity contribution in [3.63, 3.8) is 0 Å². The van der Waals surface area contributed by atoms with Gasteiger partial charge < -0.3 is 14.4 Å².